The molecule has 0 heterocycles. The first kappa shape index (κ1) is 8.34. The van der Waals surface area contributed by atoms with Gasteiger partial charge in [-0.15, -0.1) is 0 Å². The number of allylic oxidation sites excluding steroid dienone is 1. The van der Waals surface area contributed by atoms with Crippen LogP contribution in [0, 0.1) is 0 Å². The monoisotopic (exact) mass is 129 g/mol. The number of rotatable bonds is 3. The second-order valence-corrected chi connectivity index (χ2v) is 1.98. The first-order valence-corrected chi connectivity index (χ1v) is 3.32. The van der Waals surface area contributed by atoms with Crippen LogP contribution in [0.5, 0.6) is 0 Å². The smallest absolute Gasteiger partial charge is 0.182 e. The van der Waals surface area contributed by atoms with E-state index in [-0.39, 0.29) is 0 Å². The summed E-state index contributed by atoms with van der Waals surface area (Å²) in [5.74, 6) is 0.375. The van der Waals surface area contributed by atoms with E-state index in [1.54, 1.807) is 11.0 Å². The number of hydrogen-bond acceptors (Lipinski definition) is 2. The summed E-state index contributed by atoms with van der Waals surface area (Å²) in [4.78, 5) is 1.80. The van der Waals surface area contributed by atoms with E-state index >= 15 is 0 Å². The van der Waals surface area contributed by atoms with Gasteiger partial charge in [0.25, 0.3) is 0 Å². The number of aliphatic hydroxyl groups is 1. The molecule has 0 aromatic heterocycles. The molecule has 2 nitrogen and oxygen atoms in total. The standard InChI is InChI=1S/C7H15NO/c1-4-6-7(9)8(3)5-2/h6,9H,4-5H2,1-3H3. The minimum absolute atomic E-state index is 0.375. The molecule has 0 aliphatic heterocycles. The molecule has 0 fully saturated rings. The molecule has 0 aliphatic carbocycles. The molecule has 0 atom stereocenters. The lowest BCUT2D eigenvalue weighted by Gasteiger charge is -2.14. The van der Waals surface area contributed by atoms with Crippen molar-refractivity contribution < 1.29 is 5.11 Å². The minimum atomic E-state index is 0.375. The lowest BCUT2D eigenvalue weighted by molar-refractivity contribution is 0.239. The second-order valence-electron chi connectivity index (χ2n) is 1.98. The van der Waals surface area contributed by atoms with Crippen LogP contribution in [0.3, 0.4) is 0 Å². The molecule has 2 heteroatoms. The largest absolute Gasteiger partial charge is 0.495 e. The summed E-state index contributed by atoms with van der Waals surface area (Å²) in [7, 11) is 1.86. The van der Waals surface area contributed by atoms with Crippen LogP contribution in [-0.4, -0.2) is 23.6 Å². The Bertz CT molecular complexity index is 99.1. The molecule has 0 bridgehead atoms. The van der Waals surface area contributed by atoms with Gasteiger partial charge < -0.3 is 10.0 Å². The molecule has 0 saturated heterocycles. The Balaban J connectivity index is 3.70. The highest BCUT2D eigenvalue weighted by Crippen LogP contribution is 1.96. The summed E-state index contributed by atoms with van der Waals surface area (Å²) in [6.45, 7) is 4.85. The molecule has 0 amide bonds. The lowest BCUT2D eigenvalue weighted by Crippen LogP contribution is -2.16. The Hall–Kier alpha value is -0.660. The van der Waals surface area contributed by atoms with Crippen molar-refractivity contribution in [3.63, 3.8) is 0 Å². The van der Waals surface area contributed by atoms with Crippen LogP contribution in [0.25, 0.3) is 0 Å². The molecule has 0 unspecified atom stereocenters. The molecule has 9 heavy (non-hydrogen) atoms. The van der Waals surface area contributed by atoms with Crippen molar-refractivity contribution in [2.24, 2.45) is 0 Å². The van der Waals surface area contributed by atoms with E-state index in [2.05, 4.69) is 0 Å². The molecule has 0 aromatic carbocycles. The van der Waals surface area contributed by atoms with Crippen LogP contribution in [0.4, 0.5) is 0 Å². The second kappa shape index (κ2) is 4.24. The van der Waals surface area contributed by atoms with Crippen molar-refractivity contribution in [3.8, 4) is 0 Å². The topological polar surface area (TPSA) is 23.5 Å². The Morgan fingerprint density at radius 1 is 1.56 bits per heavy atom. The summed E-state index contributed by atoms with van der Waals surface area (Å²) < 4.78 is 0. The van der Waals surface area contributed by atoms with Gasteiger partial charge in [0.1, 0.15) is 0 Å². The zero-order valence-corrected chi connectivity index (χ0v) is 6.39. The van der Waals surface area contributed by atoms with Gasteiger partial charge in [-0.3, -0.25) is 0 Å². The maximum atomic E-state index is 9.10. The van der Waals surface area contributed by atoms with E-state index in [0.29, 0.717) is 5.88 Å². The first-order valence-electron chi connectivity index (χ1n) is 3.32. The molecule has 0 aliphatic rings. The van der Waals surface area contributed by atoms with Gasteiger partial charge in [0.05, 0.1) is 0 Å². The average molecular weight is 129 g/mol. The highest BCUT2D eigenvalue weighted by Gasteiger charge is 1.94. The third kappa shape index (κ3) is 3.01. The molecule has 0 spiro atoms. The zero-order chi connectivity index (χ0) is 7.28. The molecular formula is C7H15NO. The van der Waals surface area contributed by atoms with E-state index in [1.165, 1.54) is 0 Å². The highest BCUT2D eigenvalue weighted by atomic mass is 16.3. The van der Waals surface area contributed by atoms with Crippen LogP contribution >= 0.6 is 0 Å². The van der Waals surface area contributed by atoms with Crippen LogP contribution in [0.15, 0.2) is 12.0 Å². The number of hydrogen-bond donors (Lipinski definition) is 1. The van der Waals surface area contributed by atoms with Gasteiger partial charge in [0.2, 0.25) is 0 Å². The molecule has 0 saturated carbocycles. The molecule has 54 valence electrons. The van der Waals surface area contributed by atoms with E-state index in [0.717, 1.165) is 13.0 Å². The van der Waals surface area contributed by atoms with E-state index < -0.39 is 0 Å². The first-order chi connectivity index (χ1) is 4.22. The third-order valence-corrected chi connectivity index (χ3v) is 1.25. The van der Waals surface area contributed by atoms with Crippen LogP contribution in [0.2, 0.25) is 0 Å². The van der Waals surface area contributed by atoms with Crippen molar-refractivity contribution in [2.75, 3.05) is 13.6 Å². The van der Waals surface area contributed by atoms with Gasteiger partial charge >= 0.3 is 0 Å². The molecule has 0 rings (SSSR count). The van der Waals surface area contributed by atoms with Gasteiger partial charge in [0.15, 0.2) is 5.88 Å². The summed E-state index contributed by atoms with van der Waals surface area (Å²) >= 11 is 0. The predicted octanol–water partition coefficient (Wildman–Crippen LogP) is 1.75. The Kier molecular flexibility index (Phi) is 3.93. The Morgan fingerprint density at radius 3 is 2.44 bits per heavy atom. The van der Waals surface area contributed by atoms with Crippen molar-refractivity contribution in [2.45, 2.75) is 20.3 Å². The minimum Gasteiger partial charge on any atom is -0.495 e. The van der Waals surface area contributed by atoms with E-state index in [4.69, 9.17) is 5.11 Å². The van der Waals surface area contributed by atoms with E-state index in [9.17, 15) is 0 Å². The van der Waals surface area contributed by atoms with Crippen molar-refractivity contribution in [1.82, 2.24) is 4.90 Å². The van der Waals surface area contributed by atoms with E-state index in [1.807, 2.05) is 20.9 Å². The maximum Gasteiger partial charge on any atom is 0.182 e. The van der Waals surface area contributed by atoms with Crippen LogP contribution < -0.4 is 0 Å². The van der Waals surface area contributed by atoms with Gasteiger partial charge in [0, 0.05) is 13.6 Å². The SMILES string of the molecule is CCC=C(O)N(C)CC. The average Bonchev–Trinajstić information content (AvgIpc) is 1.87. The van der Waals surface area contributed by atoms with Gasteiger partial charge in [-0.2, -0.15) is 0 Å². The van der Waals surface area contributed by atoms with Crippen LogP contribution in [0.1, 0.15) is 20.3 Å². The number of aliphatic hydroxyl groups excluding tert-OH is 1. The normalized spacial score (nSPS) is 11.7. The zero-order valence-electron chi connectivity index (χ0n) is 6.39. The maximum absolute atomic E-state index is 9.10. The third-order valence-electron chi connectivity index (χ3n) is 1.25. The Labute approximate surface area is 56.8 Å². The van der Waals surface area contributed by atoms with Crippen molar-refractivity contribution >= 4 is 0 Å². The fourth-order valence-electron chi connectivity index (χ4n) is 0.500. The molecule has 1 N–H and O–H groups in total. The molecule has 0 radical (unpaired) electrons. The summed E-state index contributed by atoms with van der Waals surface area (Å²) in [5, 5.41) is 9.10. The summed E-state index contributed by atoms with van der Waals surface area (Å²) in [6.07, 6.45) is 2.68. The van der Waals surface area contributed by atoms with Gasteiger partial charge in [-0.05, 0) is 19.4 Å². The lowest BCUT2D eigenvalue weighted by atomic mass is 10.4. The fraction of sp³-hybridized carbons (Fsp3) is 0.714. The van der Waals surface area contributed by atoms with Crippen molar-refractivity contribution in [1.29, 1.82) is 0 Å². The van der Waals surface area contributed by atoms with Crippen LogP contribution in [-0.2, 0) is 0 Å². The Morgan fingerprint density at radius 2 is 2.11 bits per heavy atom. The summed E-state index contributed by atoms with van der Waals surface area (Å²) in [5.41, 5.74) is 0. The molecular weight excluding hydrogens is 114 g/mol. The predicted molar refractivity (Wildman–Crippen MR) is 39.3 cm³/mol. The highest BCUT2D eigenvalue weighted by molar-refractivity contribution is 4.87. The summed E-state index contributed by atoms with van der Waals surface area (Å²) in [6, 6.07) is 0. The van der Waals surface area contributed by atoms with Crippen molar-refractivity contribution in [3.05, 3.63) is 12.0 Å². The van der Waals surface area contributed by atoms with Gasteiger partial charge in [-0.25, -0.2) is 0 Å². The fourth-order valence-corrected chi connectivity index (χ4v) is 0.500. The quantitative estimate of drug-likeness (QED) is 0.587. The van der Waals surface area contributed by atoms with Gasteiger partial charge in [-0.1, -0.05) is 6.92 Å². The number of nitrogens with zero attached hydrogens (tertiary/aromatic N) is 1. The molecule has 0 aromatic rings.